The van der Waals surface area contributed by atoms with Crippen LogP contribution in [0, 0.1) is 6.92 Å². The minimum atomic E-state index is 0.0459. The Bertz CT molecular complexity index is 518. The van der Waals surface area contributed by atoms with Crippen LogP contribution >= 0.6 is 11.6 Å². The Balaban J connectivity index is 2.11. The Hall–Kier alpha value is -1.87. The highest BCUT2D eigenvalue weighted by atomic mass is 35.5. The summed E-state index contributed by atoms with van der Waals surface area (Å²) in [5.74, 6) is 0.107. The molecule has 0 saturated heterocycles. The Morgan fingerprint density at radius 1 is 1.11 bits per heavy atom. The summed E-state index contributed by atoms with van der Waals surface area (Å²) in [7, 11) is 0. The molecule has 0 aliphatic carbocycles. The van der Waals surface area contributed by atoms with Crippen molar-refractivity contribution in [3.63, 3.8) is 0 Å². The maximum atomic E-state index is 9.65. The Labute approximate surface area is 111 Å². The lowest BCUT2D eigenvalue weighted by Gasteiger charge is -2.10. The summed E-state index contributed by atoms with van der Waals surface area (Å²) in [6, 6.07) is 10.3. The summed E-state index contributed by atoms with van der Waals surface area (Å²) in [4.78, 5) is 0. The van der Waals surface area contributed by atoms with Gasteiger partial charge in [0.05, 0.1) is 10.7 Å². The van der Waals surface area contributed by atoms with Crippen LogP contribution in [0.4, 0.5) is 5.69 Å². The van der Waals surface area contributed by atoms with Gasteiger partial charge < -0.3 is 15.5 Å². The molecule has 0 fully saturated rings. The molecule has 0 radical (unpaired) electrons. The molecule has 2 rings (SSSR count). The van der Waals surface area contributed by atoms with Gasteiger partial charge in [-0.05, 0) is 36.8 Å². The number of rotatable bonds is 3. The van der Waals surface area contributed by atoms with Gasteiger partial charge in [-0.15, -0.1) is 0 Å². The van der Waals surface area contributed by atoms with E-state index in [1.807, 2.05) is 25.1 Å². The smallest absolute Gasteiger partial charge is 0.124 e. The Kier molecular flexibility index (Phi) is 3.63. The summed E-state index contributed by atoms with van der Waals surface area (Å²) in [5, 5.41) is 22.6. The van der Waals surface area contributed by atoms with Gasteiger partial charge >= 0.3 is 0 Å². The van der Waals surface area contributed by atoms with E-state index < -0.39 is 0 Å². The van der Waals surface area contributed by atoms with Gasteiger partial charge in [-0.2, -0.15) is 0 Å². The second kappa shape index (κ2) is 5.19. The number of phenols is 2. The summed E-state index contributed by atoms with van der Waals surface area (Å²) in [5.41, 5.74) is 2.61. The molecule has 94 valence electrons. The molecule has 3 N–H and O–H groups in total. The van der Waals surface area contributed by atoms with Gasteiger partial charge in [0.25, 0.3) is 0 Å². The second-order valence-electron chi connectivity index (χ2n) is 4.15. The standard InChI is InChI=1S/C14H14ClNO2/c1-9-2-5-13(12(15)6-9)16-8-10-3-4-11(17)7-14(10)18/h2-7,16-18H,8H2,1H3. The molecule has 3 nitrogen and oxygen atoms in total. The third-order valence-corrected chi connectivity index (χ3v) is 2.98. The van der Waals surface area contributed by atoms with Crippen LogP contribution in [0.3, 0.4) is 0 Å². The highest BCUT2D eigenvalue weighted by Gasteiger charge is 2.04. The molecular formula is C14H14ClNO2. The maximum Gasteiger partial charge on any atom is 0.124 e. The number of hydrogen-bond donors (Lipinski definition) is 3. The van der Waals surface area contributed by atoms with E-state index in [2.05, 4.69) is 5.32 Å². The molecule has 0 atom stereocenters. The molecule has 0 spiro atoms. The summed E-state index contributed by atoms with van der Waals surface area (Å²) < 4.78 is 0. The number of phenolic OH excluding ortho intramolecular Hbond substituents is 2. The highest BCUT2D eigenvalue weighted by Crippen LogP contribution is 2.26. The number of aromatic hydroxyl groups is 2. The van der Waals surface area contributed by atoms with Gasteiger partial charge in [0, 0.05) is 18.2 Å². The van der Waals surface area contributed by atoms with E-state index in [0.717, 1.165) is 11.3 Å². The highest BCUT2D eigenvalue weighted by molar-refractivity contribution is 6.33. The van der Waals surface area contributed by atoms with Gasteiger partial charge in [-0.25, -0.2) is 0 Å². The van der Waals surface area contributed by atoms with Gasteiger partial charge in [0.15, 0.2) is 0 Å². The molecule has 0 heterocycles. The normalized spacial score (nSPS) is 10.3. The van der Waals surface area contributed by atoms with E-state index in [4.69, 9.17) is 11.6 Å². The topological polar surface area (TPSA) is 52.5 Å². The van der Waals surface area contributed by atoms with Crippen LogP contribution in [0.1, 0.15) is 11.1 Å². The van der Waals surface area contributed by atoms with Crippen molar-refractivity contribution < 1.29 is 10.2 Å². The zero-order chi connectivity index (χ0) is 13.1. The summed E-state index contributed by atoms with van der Waals surface area (Å²) >= 11 is 6.10. The number of hydrogen-bond acceptors (Lipinski definition) is 3. The largest absolute Gasteiger partial charge is 0.508 e. The number of anilines is 1. The first-order valence-electron chi connectivity index (χ1n) is 5.57. The summed E-state index contributed by atoms with van der Waals surface area (Å²) in [6.07, 6.45) is 0. The fourth-order valence-electron chi connectivity index (χ4n) is 1.66. The van der Waals surface area contributed by atoms with Gasteiger partial charge in [-0.1, -0.05) is 17.7 Å². The van der Waals surface area contributed by atoms with Crippen molar-refractivity contribution in [3.8, 4) is 11.5 Å². The monoisotopic (exact) mass is 263 g/mol. The van der Waals surface area contributed by atoms with Crippen LogP contribution in [0.15, 0.2) is 36.4 Å². The molecular weight excluding hydrogens is 250 g/mol. The lowest BCUT2D eigenvalue weighted by atomic mass is 10.1. The molecule has 0 saturated carbocycles. The lowest BCUT2D eigenvalue weighted by molar-refractivity contribution is 0.446. The third kappa shape index (κ3) is 2.87. The minimum Gasteiger partial charge on any atom is -0.508 e. The van der Waals surface area contributed by atoms with Crippen LogP contribution in [-0.2, 0) is 6.54 Å². The SMILES string of the molecule is Cc1ccc(NCc2ccc(O)cc2O)c(Cl)c1. The summed E-state index contributed by atoms with van der Waals surface area (Å²) in [6.45, 7) is 2.41. The van der Waals surface area contributed by atoms with Gasteiger partial charge in [0.1, 0.15) is 11.5 Å². The molecule has 0 aliphatic rings. The zero-order valence-corrected chi connectivity index (χ0v) is 10.7. The quantitative estimate of drug-likeness (QED) is 0.792. The molecule has 0 bridgehead atoms. The average Bonchev–Trinajstić information content (AvgIpc) is 2.30. The molecule has 18 heavy (non-hydrogen) atoms. The van der Waals surface area contributed by atoms with Crippen LogP contribution in [0.5, 0.6) is 11.5 Å². The Morgan fingerprint density at radius 2 is 1.89 bits per heavy atom. The third-order valence-electron chi connectivity index (χ3n) is 2.66. The molecule has 4 heteroatoms. The van der Waals surface area contributed by atoms with Gasteiger partial charge in [-0.3, -0.25) is 0 Å². The maximum absolute atomic E-state index is 9.65. The number of benzene rings is 2. The van der Waals surface area contributed by atoms with Gasteiger partial charge in [0.2, 0.25) is 0 Å². The second-order valence-corrected chi connectivity index (χ2v) is 4.56. The van der Waals surface area contributed by atoms with Crippen molar-refractivity contribution in [2.45, 2.75) is 13.5 Å². The first-order valence-corrected chi connectivity index (χ1v) is 5.95. The van der Waals surface area contributed by atoms with E-state index in [9.17, 15) is 10.2 Å². The predicted octanol–water partition coefficient (Wildman–Crippen LogP) is 3.67. The lowest BCUT2D eigenvalue weighted by Crippen LogP contribution is -2.00. The first kappa shape index (κ1) is 12.6. The first-order chi connectivity index (χ1) is 8.56. The molecule has 0 aromatic heterocycles. The van der Waals surface area contributed by atoms with Crippen LogP contribution < -0.4 is 5.32 Å². The number of aryl methyl sites for hydroxylation is 1. The predicted molar refractivity (Wildman–Crippen MR) is 73.3 cm³/mol. The minimum absolute atomic E-state index is 0.0459. The molecule has 0 unspecified atom stereocenters. The van der Waals surface area contributed by atoms with Crippen molar-refractivity contribution in [1.29, 1.82) is 0 Å². The van der Waals surface area contributed by atoms with E-state index in [1.165, 1.54) is 12.1 Å². The van der Waals surface area contributed by atoms with Crippen LogP contribution in [0.2, 0.25) is 5.02 Å². The Morgan fingerprint density at radius 3 is 2.56 bits per heavy atom. The van der Waals surface area contributed by atoms with Crippen LogP contribution in [0.25, 0.3) is 0 Å². The molecule has 0 amide bonds. The van der Waals surface area contributed by atoms with Crippen molar-refractivity contribution in [2.24, 2.45) is 0 Å². The van der Waals surface area contributed by atoms with E-state index in [-0.39, 0.29) is 11.5 Å². The van der Waals surface area contributed by atoms with Crippen molar-refractivity contribution in [1.82, 2.24) is 0 Å². The van der Waals surface area contributed by atoms with Crippen LogP contribution in [-0.4, -0.2) is 10.2 Å². The zero-order valence-electron chi connectivity index (χ0n) is 9.94. The number of nitrogens with one attached hydrogen (secondary N) is 1. The fourth-order valence-corrected chi connectivity index (χ4v) is 1.96. The van der Waals surface area contributed by atoms with Crippen molar-refractivity contribution >= 4 is 17.3 Å². The fraction of sp³-hybridized carbons (Fsp3) is 0.143. The molecule has 2 aromatic rings. The van der Waals surface area contributed by atoms with Crippen molar-refractivity contribution in [2.75, 3.05) is 5.32 Å². The van der Waals surface area contributed by atoms with E-state index in [0.29, 0.717) is 17.1 Å². The van der Waals surface area contributed by atoms with E-state index >= 15 is 0 Å². The molecule has 0 aliphatic heterocycles. The van der Waals surface area contributed by atoms with E-state index in [1.54, 1.807) is 6.07 Å². The number of halogens is 1. The average molecular weight is 264 g/mol. The van der Waals surface area contributed by atoms with Crippen molar-refractivity contribution in [3.05, 3.63) is 52.5 Å². The molecule has 2 aromatic carbocycles.